The molecule has 6 nitrogen and oxygen atoms in total. The van der Waals surface area contributed by atoms with E-state index in [0.29, 0.717) is 12.5 Å². The molecule has 19 heavy (non-hydrogen) atoms. The van der Waals surface area contributed by atoms with Gasteiger partial charge in [0.15, 0.2) is 0 Å². The highest BCUT2D eigenvalue weighted by Crippen LogP contribution is 2.58. The first kappa shape index (κ1) is 15.5. The average Bonchev–Trinajstić information content (AvgIpc) is 2.86. The molecule has 0 aliphatic heterocycles. The zero-order valence-electron chi connectivity index (χ0n) is 11.8. The predicted molar refractivity (Wildman–Crippen MR) is 69.3 cm³/mol. The number of carboxylic acids is 1. The lowest BCUT2D eigenvalue weighted by Gasteiger charge is -2.09. The zero-order valence-corrected chi connectivity index (χ0v) is 11.8. The van der Waals surface area contributed by atoms with Crippen LogP contribution in [-0.4, -0.2) is 36.0 Å². The summed E-state index contributed by atoms with van der Waals surface area (Å²) in [5.74, 6) is -2.45. The number of hydrogen-bond acceptors (Lipinski definition) is 3. The molecule has 2 unspecified atom stereocenters. The van der Waals surface area contributed by atoms with Gasteiger partial charge in [-0.25, -0.2) is 0 Å². The number of carbonyl (C=O) groups excluding carboxylic acids is 2. The van der Waals surface area contributed by atoms with E-state index in [0.717, 1.165) is 0 Å². The maximum atomic E-state index is 11.8. The highest BCUT2D eigenvalue weighted by molar-refractivity contribution is 5.93. The van der Waals surface area contributed by atoms with Gasteiger partial charge in [-0.15, -0.1) is 0 Å². The zero-order chi connectivity index (χ0) is 14.8. The second kappa shape index (κ2) is 5.59. The second-order valence-corrected chi connectivity index (χ2v) is 6.03. The molecule has 0 aromatic heterocycles. The molecule has 0 aromatic rings. The Kier molecular flexibility index (Phi) is 4.55. The van der Waals surface area contributed by atoms with Crippen LogP contribution in [0.3, 0.4) is 0 Å². The summed E-state index contributed by atoms with van der Waals surface area (Å²) in [4.78, 5) is 34.2. The maximum Gasteiger partial charge on any atom is 0.307 e. The topological polar surface area (TPSA) is 95.5 Å². The molecule has 1 rings (SSSR count). The van der Waals surface area contributed by atoms with Crippen molar-refractivity contribution >= 4 is 17.8 Å². The maximum absolute atomic E-state index is 11.8. The molecule has 0 radical (unpaired) electrons. The second-order valence-electron chi connectivity index (χ2n) is 6.03. The number of hydrogen-bond donors (Lipinski definition) is 3. The van der Waals surface area contributed by atoms with Crippen LogP contribution in [0.25, 0.3) is 0 Å². The van der Waals surface area contributed by atoms with Crippen LogP contribution in [0.5, 0.6) is 0 Å². The molecule has 0 heterocycles. The van der Waals surface area contributed by atoms with Crippen molar-refractivity contribution < 1.29 is 19.5 Å². The summed E-state index contributed by atoms with van der Waals surface area (Å²) in [6.07, 6.45) is 0. The Bertz CT molecular complexity index is 390. The lowest BCUT2D eigenvalue weighted by atomic mass is 10.1. The standard InChI is InChI=1S/C13H22N2O4/c1-7(2)5-14-8(16)6-15-11(17)9-10(12(18)19)13(9,3)4/h7,9-10H,5-6H2,1-4H3,(H,14,16)(H,15,17)(H,18,19). The Morgan fingerprint density at radius 1 is 1.16 bits per heavy atom. The van der Waals surface area contributed by atoms with Gasteiger partial charge in [-0.1, -0.05) is 27.7 Å². The van der Waals surface area contributed by atoms with E-state index in [2.05, 4.69) is 10.6 Å². The minimum Gasteiger partial charge on any atom is -0.481 e. The SMILES string of the molecule is CC(C)CNC(=O)CNC(=O)C1C(C(=O)O)C1(C)C. The molecular formula is C13H22N2O4. The van der Waals surface area contributed by atoms with Gasteiger partial charge >= 0.3 is 5.97 Å². The minimum atomic E-state index is -0.964. The highest BCUT2D eigenvalue weighted by Gasteiger charge is 2.65. The van der Waals surface area contributed by atoms with Gasteiger partial charge in [0.05, 0.1) is 18.4 Å². The fraction of sp³-hybridized carbons (Fsp3) is 0.769. The number of rotatable bonds is 6. The van der Waals surface area contributed by atoms with Crippen LogP contribution in [0.1, 0.15) is 27.7 Å². The Labute approximate surface area is 112 Å². The number of carboxylic acid groups (broad SMARTS) is 1. The van der Waals surface area contributed by atoms with Gasteiger partial charge in [-0.05, 0) is 11.3 Å². The van der Waals surface area contributed by atoms with Gasteiger partial charge in [-0.2, -0.15) is 0 Å². The van der Waals surface area contributed by atoms with Crippen LogP contribution in [0.15, 0.2) is 0 Å². The first-order valence-corrected chi connectivity index (χ1v) is 6.45. The third-order valence-electron chi connectivity index (χ3n) is 3.51. The van der Waals surface area contributed by atoms with Crippen molar-refractivity contribution in [3.05, 3.63) is 0 Å². The van der Waals surface area contributed by atoms with Gasteiger partial charge in [0, 0.05) is 6.54 Å². The molecule has 1 aliphatic carbocycles. The predicted octanol–water partition coefficient (Wildman–Crippen LogP) is 0.232. The van der Waals surface area contributed by atoms with Crippen LogP contribution < -0.4 is 10.6 Å². The summed E-state index contributed by atoms with van der Waals surface area (Å²) >= 11 is 0. The first-order chi connectivity index (χ1) is 8.67. The molecule has 1 saturated carbocycles. The number of carbonyl (C=O) groups is 3. The molecule has 0 saturated heterocycles. The summed E-state index contributed by atoms with van der Waals surface area (Å²) in [7, 11) is 0. The Balaban J connectivity index is 2.37. The van der Waals surface area contributed by atoms with Gasteiger partial charge in [0.25, 0.3) is 0 Å². The third-order valence-corrected chi connectivity index (χ3v) is 3.51. The Morgan fingerprint density at radius 3 is 2.16 bits per heavy atom. The molecule has 0 bridgehead atoms. The van der Waals surface area contributed by atoms with Gasteiger partial charge < -0.3 is 15.7 Å². The molecule has 0 spiro atoms. The number of nitrogens with one attached hydrogen (secondary N) is 2. The molecular weight excluding hydrogens is 248 g/mol. The van der Waals surface area contributed by atoms with E-state index in [-0.39, 0.29) is 18.4 Å². The van der Waals surface area contributed by atoms with Crippen LogP contribution in [0.2, 0.25) is 0 Å². The summed E-state index contributed by atoms with van der Waals surface area (Å²) in [6, 6.07) is 0. The molecule has 2 amide bonds. The fourth-order valence-corrected chi connectivity index (χ4v) is 2.25. The lowest BCUT2D eigenvalue weighted by Crippen LogP contribution is -2.39. The van der Waals surface area contributed by atoms with Crippen molar-refractivity contribution in [2.24, 2.45) is 23.2 Å². The van der Waals surface area contributed by atoms with Crippen LogP contribution in [-0.2, 0) is 14.4 Å². The molecule has 6 heteroatoms. The average molecular weight is 270 g/mol. The van der Waals surface area contributed by atoms with Crippen molar-refractivity contribution in [3.63, 3.8) is 0 Å². The Morgan fingerprint density at radius 2 is 1.74 bits per heavy atom. The highest BCUT2D eigenvalue weighted by atomic mass is 16.4. The van der Waals surface area contributed by atoms with E-state index in [1.54, 1.807) is 13.8 Å². The fourth-order valence-electron chi connectivity index (χ4n) is 2.25. The minimum absolute atomic E-state index is 0.107. The van der Waals surface area contributed by atoms with Crippen LogP contribution >= 0.6 is 0 Å². The van der Waals surface area contributed by atoms with E-state index in [9.17, 15) is 14.4 Å². The van der Waals surface area contributed by atoms with E-state index < -0.39 is 23.2 Å². The van der Waals surface area contributed by atoms with E-state index in [1.807, 2.05) is 13.8 Å². The Hall–Kier alpha value is -1.59. The van der Waals surface area contributed by atoms with Crippen LogP contribution in [0.4, 0.5) is 0 Å². The van der Waals surface area contributed by atoms with Crippen molar-refractivity contribution in [3.8, 4) is 0 Å². The largest absolute Gasteiger partial charge is 0.481 e. The summed E-state index contributed by atoms with van der Waals surface area (Å²) in [5.41, 5.74) is -0.537. The molecule has 108 valence electrons. The van der Waals surface area contributed by atoms with E-state index in [4.69, 9.17) is 5.11 Å². The molecule has 1 aliphatic rings. The smallest absolute Gasteiger partial charge is 0.307 e. The number of amides is 2. The van der Waals surface area contributed by atoms with E-state index >= 15 is 0 Å². The summed E-state index contributed by atoms with van der Waals surface area (Å²) in [5, 5.41) is 14.1. The summed E-state index contributed by atoms with van der Waals surface area (Å²) < 4.78 is 0. The van der Waals surface area contributed by atoms with Crippen LogP contribution in [0, 0.1) is 23.2 Å². The van der Waals surface area contributed by atoms with Gasteiger partial charge in [0.2, 0.25) is 11.8 Å². The lowest BCUT2D eigenvalue weighted by molar-refractivity contribution is -0.140. The first-order valence-electron chi connectivity index (χ1n) is 6.45. The monoisotopic (exact) mass is 270 g/mol. The summed E-state index contributed by atoms with van der Waals surface area (Å²) in [6.45, 7) is 7.89. The van der Waals surface area contributed by atoms with Crippen molar-refractivity contribution in [1.82, 2.24) is 10.6 Å². The van der Waals surface area contributed by atoms with Crippen molar-refractivity contribution in [2.75, 3.05) is 13.1 Å². The van der Waals surface area contributed by atoms with Crippen molar-refractivity contribution in [1.29, 1.82) is 0 Å². The van der Waals surface area contributed by atoms with Crippen molar-refractivity contribution in [2.45, 2.75) is 27.7 Å². The third kappa shape index (κ3) is 3.68. The molecule has 1 fully saturated rings. The quantitative estimate of drug-likeness (QED) is 0.644. The normalized spacial score (nSPS) is 23.8. The molecule has 0 aromatic carbocycles. The number of aliphatic carboxylic acids is 1. The van der Waals surface area contributed by atoms with Gasteiger partial charge in [0.1, 0.15) is 0 Å². The van der Waals surface area contributed by atoms with E-state index in [1.165, 1.54) is 0 Å². The van der Waals surface area contributed by atoms with Gasteiger partial charge in [-0.3, -0.25) is 14.4 Å². The molecule has 2 atom stereocenters. The molecule has 3 N–H and O–H groups in total.